The van der Waals surface area contributed by atoms with Crippen LogP contribution in [0.4, 0.5) is 13.2 Å². The maximum atomic E-state index is 11.8. The molecular weight excluding hydrogens is 305 g/mol. The molecule has 0 saturated carbocycles. The highest BCUT2D eigenvalue weighted by Crippen LogP contribution is 2.14. The van der Waals surface area contributed by atoms with Gasteiger partial charge in [0.1, 0.15) is 16.9 Å². The van der Waals surface area contributed by atoms with Crippen molar-refractivity contribution in [3.8, 4) is 0 Å². The van der Waals surface area contributed by atoms with Crippen LogP contribution in [0, 0.1) is 6.92 Å². The number of rotatable bonds is 4. The fourth-order valence-corrected chi connectivity index (χ4v) is 1.47. The van der Waals surface area contributed by atoms with Crippen molar-refractivity contribution in [2.45, 2.75) is 19.6 Å². The third-order valence-electron chi connectivity index (χ3n) is 1.93. The first-order valence-electron chi connectivity index (χ1n) is 4.67. The van der Waals surface area contributed by atoms with Gasteiger partial charge in [-0.1, -0.05) is 0 Å². The number of aromatic nitrogens is 2. The second-order valence-electron chi connectivity index (χ2n) is 3.28. The highest BCUT2D eigenvalue weighted by molar-refractivity contribution is 9.10. The van der Waals surface area contributed by atoms with Crippen LogP contribution in [0.1, 0.15) is 5.82 Å². The molecule has 0 amide bonds. The van der Waals surface area contributed by atoms with Crippen LogP contribution in [0.25, 0.3) is 0 Å². The molecule has 17 heavy (non-hydrogen) atoms. The number of halogens is 4. The van der Waals surface area contributed by atoms with Gasteiger partial charge in [0.2, 0.25) is 0 Å². The van der Waals surface area contributed by atoms with E-state index < -0.39 is 12.8 Å². The zero-order chi connectivity index (χ0) is 13.1. The number of alkyl halides is 3. The maximum absolute atomic E-state index is 11.8. The molecule has 96 valence electrons. The van der Waals surface area contributed by atoms with Crippen molar-refractivity contribution in [1.82, 2.24) is 9.55 Å². The summed E-state index contributed by atoms with van der Waals surface area (Å²) in [6, 6.07) is 0. The Hall–Kier alpha value is -0.890. The van der Waals surface area contributed by atoms with Crippen LogP contribution in [-0.4, -0.2) is 28.9 Å². The highest BCUT2D eigenvalue weighted by Gasteiger charge is 2.27. The number of nitrogens with zero attached hydrogens (tertiary/aromatic N) is 2. The molecule has 8 heteroatoms. The van der Waals surface area contributed by atoms with Crippen LogP contribution in [0.5, 0.6) is 0 Å². The van der Waals surface area contributed by atoms with Crippen LogP contribution >= 0.6 is 15.9 Å². The molecule has 0 bridgehead atoms. The first-order valence-corrected chi connectivity index (χ1v) is 5.47. The van der Waals surface area contributed by atoms with Crippen molar-refractivity contribution in [3.05, 3.63) is 26.8 Å². The second-order valence-corrected chi connectivity index (χ2v) is 4.13. The molecule has 0 fully saturated rings. The summed E-state index contributed by atoms with van der Waals surface area (Å²) in [6.07, 6.45) is -3.00. The van der Waals surface area contributed by atoms with E-state index in [2.05, 4.69) is 25.7 Å². The lowest BCUT2D eigenvalue weighted by molar-refractivity contribution is -0.174. The third kappa shape index (κ3) is 4.47. The summed E-state index contributed by atoms with van der Waals surface area (Å²) < 4.78 is 41.3. The van der Waals surface area contributed by atoms with Crippen molar-refractivity contribution in [2.24, 2.45) is 0 Å². The minimum Gasteiger partial charge on any atom is -0.370 e. The van der Waals surface area contributed by atoms with E-state index in [-0.39, 0.29) is 23.2 Å². The highest BCUT2D eigenvalue weighted by atomic mass is 79.9. The van der Waals surface area contributed by atoms with E-state index >= 15 is 0 Å². The molecule has 1 rings (SSSR count). The fourth-order valence-electron chi connectivity index (χ4n) is 1.16. The molecule has 0 N–H and O–H groups in total. The van der Waals surface area contributed by atoms with Crippen LogP contribution in [0.2, 0.25) is 0 Å². The van der Waals surface area contributed by atoms with Gasteiger partial charge in [0, 0.05) is 6.20 Å². The smallest absolute Gasteiger partial charge is 0.370 e. The molecule has 0 aliphatic heterocycles. The summed E-state index contributed by atoms with van der Waals surface area (Å²) in [7, 11) is 0. The standard InChI is InChI=1S/C9H10BrF3N2O2/c1-6-14-4-7(10)8(16)15(6)2-3-17-5-9(11,12)13/h4H,2-3,5H2,1H3. The van der Waals surface area contributed by atoms with Crippen LogP contribution in [-0.2, 0) is 11.3 Å². The van der Waals surface area contributed by atoms with E-state index in [1.54, 1.807) is 6.92 Å². The molecule has 0 aliphatic rings. The monoisotopic (exact) mass is 314 g/mol. The molecule has 0 saturated heterocycles. The average molecular weight is 315 g/mol. The Labute approximate surface area is 104 Å². The van der Waals surface area contributed by atoms with E-state index in [4.69, 9.17) is 0 Å². The number of aryl methyl sites for hydroxylation is 1. The van der Waals surface area contributed by atoms with E-state index in [0.29, 0.717) is 5.82 Å². The lowest BCUT2D eigenvalue weighted by Gasteiger charge is -2.10. The van der Waals surface area contributed by atoms with Gasteiger partial charge in [-0.3, -0.25) is 9.36 Å². The fraction of sp³-hybridized carbons (Fsp3) is 0.556. The van der Waals surface area contributed by atoms with Crippen LogP contribution < -0.4 is 5.56 Å². The summed E-state index contributed by atoms with van der Waals surface area (Å²) in [5.41, 5.74) is -0.340. The van der Waals surface area contributed by atoms with Crippen molar-refractivity contribution >= 4 is 15.9 Å². The Balaban J connectivity index is 2.59. The maximum Gasteiger partial charge on any atom is 0.411 e. The first kappa shape index (κ1) is 14.2. The van der Waals surface area contributed by atoms with Gasteiger partial charge >= 0.3 is 6.18 Å². The van der Waals surface area contributed by atoms with Gasteiger partial charge in [0.05, 0.1) is 13.2 Å². The molecule has 1 aromatic heterocycles. The SMILES string of the molecule is Cc1ncc(Br)c(=O)n1CCOCC(F)(F)F. The molecule has 0 atom stereocenters. The Morgan fingerprint density at radius 1 is 1.53 bits per heavy atom. The third-order valence-corrected chi connectivity index (χ3v) is 2.47. The summed E-state index contributed by atoms with van der Waals surface area (Å²) in [5, 5.41) is 0. The van der Waals surface area contributed by atoms with Gasteiger partial charge in [-0.05, 0) is 22.9 Å². The molecule has 1 aromatic rings. The summed E-state index contributed by atoms with van der Waals surface area (Å²) in [4.78, 5) is 15.5. The molecular formula is C9H10BrF3N2O2. The van der Waals surface area contributed by atoms with Gasteiger partial charge in [-0.2, -0.15) is 13.2 Å². The molecule has 1 heterocycles. The average Bonchev–Trinajstić information content (AvgIpc) is 2.21. The summed E-state index contributed by atoms with van der Waals surface area (Å²) >= 11 is 3.00. The predicted octanol–water partition coefficient (Wildman–Crippen LogP) is 1.89. The Morgan fingerprint density at radius 3 is 2.76 bits per heavy atom. The van der Waals surface area contributed by atoms with E-state index in [1.165, 1.54) is 10.8 Å². The van der Waals surface area contributed by atoms with Crippen LogP contribution in [0.3, 0.4) is 0 Å². The summed E-state index contributed by atoms with van der Waals surface area (Å²) in [5.74, 6) is 0.425. The molecule has 0 unspecified atom stereocenters. The lowest BCUT2D eigenvalue weighted by Crippen LogP contribution is -2.27. The van der Waals surface area contributed by atoms with Crippen molar-refractivity contribution < 1.29 is 17.9 Å². The second kappa shape index (κ2) is 5.63. The van der Waals surface area contributed by atoms with E-state index in [9.17, 15) is 18.0 Å². The zero-order valence-electron chi connectivity index (χ0n) is 8.92. The normalized spacial score (nSPS) is 11.8. The van der Waals surface area contributed by atoms with Gasteiger partial charge in [0.25, 0.3) is 5.56 Å². The topological polar surface area (TPSA) is 44.1 Å². The van der Waals surface area contributed by atoms with E-state index in [1.807, 2.05) is 0 Å². The minimum absolute atomic E-state index is 0.0349. The Kier molecular flexibility index (Phi) is 4.70. The first-order chi connectivity index (χ1) is 7.81. The largest absolute Gasteiger partial charge is 0.411 e. The molecule has 0 spiro atoms. The number of hydrogen-bond acceptors (Lipinski definition) is 3. The summed E-state index contributed by atoms with van der Waals surface area (Å²) in [6.45, 7) is 0.116. The van der Waals surface area contributed by atoms with Crippen molar-refractivity contribution in [2.75, 3.05) is 13.2 Å². The van der Waals surface area contributed by atoms with Gasteiger partial charge in [-0.25, -0.2) is 4.98 Å². The lowest BCUT2D eigenvalue weighted by atomic mass is 10.5. The minimum atomic E-state index is -4.35. The Morgan fingerprint density at radius 2 is 2.18 bits per heavy atom. The predicted molar refractivity (Wildman–Crippen MR) is 57.8 cm³/mol. The van der Waals surface area contributed by atoms with Crippen molar-refractivity contribution in [3.63, 3.8) is 0 Å². The number of hydrogen-bond donors (Lipinski definition) is 0. The molecule has 0 radical (unpaired) electrons. The quantitative estimate of drug-likeness (QED) is 0.797. The molecule has 4 nitrogen and oxygen atoms in total. The molecule has 0 aliphatic carbocycles. The zero-order valence-corrected chi connectivity index (χ0v) is 10.5. The van der Waals surface area contributed by atoms with E-state index in [0.717, 1.165) is 0 Å². The number of ether oxygens (including phenoxy) is 1. The van der Waals surface area contributed by atoms with Crippen LogP contribution in [0.15, 0.2) is 15.5 Å². The van der Waals surface area contributed by atoms with Gasteiger partial charge in [0.15, 0.2) is 0 Å². The molecule has 0 aromatic carbocycles. The Bertz CT molecular complexity index is 445. The van der Waals surface area contributed by atoms with Crippen molar-refractivity contribution in [1.29, 1.82) is 0 Å². The van der Waals surface area contributed by atoms with Gasteiger partial charge in [-0.15, -0.1) is 0 Å². The van der Waals surface area contributed by atoms with Gasteiger partial charge < -0.3 is 4.74 Å².